The summed E-state index contributed by atoms with van der Waals surface area (Å²) in [5.41, 5.74) is 4.70. The highest BCUT2D eigenvalue weighted by molar-refractivity contribution is 7.98. The fourth-order valence-electron chi connectivity index (χ4n) is 2.03. The number of guanidine groups is 1. The number of hydroxylamine groups is 2. The number of hydrogen-bond acceptors (Lipinski definition) is 8. The Morgan fingerprint density at radius 1 is 1.39 bits per heavy atom. The zero-order chi connectivity index (χ0) is 21.3. The van der Waals surface area contributed by atoms with E-state index in [0.29, 0.717) is 11.5 Å². The summed E-state index contributed by atoms with van der Waals surface area (Å²) in [6.07, 6.45) is -0.642. The molecule has 0 aliphatic heterocycles. The molecule has 1 aromatic heterocycles. The van der Waals surface area contributed by atoms with Gasteiger partial charge in [0.25, 0.3) is 0 Å². The number of carbonyl (C=O) groups is 3. The van der Waals surface area contributed by atoms with Gasteiger partial charge in [-0.3, -0.25) is 9.79 Å². The van der Waals surface area contributed by atoms with Gasteiger partial charge in [-0.05, 0) is 6.92 Å². The smallest absolute Gasteiger partial charge is 0.336 e. The maximum absolute atomic E-state index is 12.0. The fraction of sp³-hybridized carbons (Fsp3) is 0.533. The van der Waals surface area contributed by atoms with Crippen molar-refractivity contribution in [1.82, 2.24) is 15.0 Å². The van der Waals surface area contributed by atoms with Crippen LogP contribution >= 0.6 is 11.8 Å². The molecule has 156 valence electrons. The van der Waals surface area contributed by atoms with E-state index in [1.54, 1.807) is 6.33 Å². The summed E-state index contributed by atoms with van der Waals surface area (Å²) in [7, 11) is 1.37. The highest BCUT2D eigenvalue weighted by Crippen LogP contribution is 2.18. The van der Waals surface area contributed by atoms with E-state index >= 15 is 0 Å². The first-order valence-electron chi connectivity index (χ1n) is 8.03. The van der Waals surface area contributed by atoms with Gasteiger partial charge in [-0.2, -0.15) is 16.8 Å². The maximum atomic E-state index is 12.0. The normalized spacial score (nSPS) is 13.6. The van der Waals surface area contributed by atoms with Crippen LogP contribution in [0.15, 0.2) is 11.3 Å². The molecule has 13 heteroatoms. The highest BCUT2D eigenvalue weighted by atomic mass is 32.2. The van der Waals surface area contributed by atoms with E-state index in [2.05, 4.69) is 15.0 Å². The van der Waals surface area contributed by atoms with Crippen molar-refractivity contribution >= 4 is 35.6 Å². The molecule has 0 saturated heterocycles. The first-order valence-corrected chi connectivity index (χ1v) is 9.19. The quantitative estimate of drug-likeness (QED) is 0.140. The lowest BCUT2D eigenvalue weighted by Gasteiger charge is -2.24. The molecule has 12 nitrogen and oxygen atoms in total. The molecular weight excluding hydrogens is 394 g/mol. The number of carbonyl (C=O) groups excluding carboxylic acids is 1. The number of carboxylic acid groups (broad SMARTS) is 2. The van der Waals surface area contributed by atoms with Crippen LogP contribution in [-0.4, -0.2) is 79.2 Å². The standard InChI is InChI=1S/C15H23N5O7S/c1-9-10(19-8-18-9)7-28-4-3-20(14(16)17-2)27-12(23)6-15(26,13(24)25)5-11(21)22/h8,26H,3-7H2,1-2H3,(H2,16,17)(H,18,19)(H,21,22)(H,24,25). The van der Waals surface area contributed by atoms with Crippen LogP contribution in [0.3, 0.4) is 0 Å². The molecule has 28 heavy (non-hydrogen) atoms. The average molecular weight is 417 g/mol. The van der Waals surface area contributed by atoms with Gasteiger partial charge in [-0.1, -0.05) is 0 Å². The number of nitrogens with two attached hydrogens (primary N) is 1. The lowest BCUT2D eigenvalue weighted by molar-refractivity contribution is -0.185. The number of nitrogens with one attached hydrogen (secondary N) is 1. The number of hydrogen-bond donors (Lipinski definition) is 5. The number of thioether (sulfide) groups is 1. The van der Waals surface area contributed by atoms with Gasteiger partial charge in [-0.15, -0.1) is 0 Å². The summed E-state index contributed by atoms with van der Waals surface area (Å²) in [6.45, 7) is 2.02. The molecule has 1 aromatic rings. The molecule has 1 unspecified atom stereocenters. The molecule has 0 aliphatic carbocycles. The monoisotopic (exact) mass is 417 g/mol. The van der Waals surface area contributed by atoms with E-state index in [1.165, 1.54) is 18.8 Å². The van der Waals surface area contributed by atoms with E-state index in [4.69, 9.17) is 20.8 Å². The van der Waals surface area contributed by atoms with Gasteiger partial charge in [0.15, 0.2) is 5.60 Å². The van der Waals surface area contributed by atoms with Crippen molar-refractivity contribution in [3.05, 3.63) is 17.7 Å². The van der Waals surface area contributed by atoms with Crippen molar-refractivity contribution in [2.45, 2.75) is 31.1 Å². The molecule has 0 bridgehead atoms. The number of H-pyrrole nitrogens is 1. The second kappa shape index (κ2) is 10.5. The number of aliphatic hydroxyl groups is 1. The van der Waals surface area contributed by atoms with Gasteiger partial charge < -0.3 is 30.9 Å². The number of rotatable bonds is 10. The molecule has 0 aliphatic rings. The molecule has 0 fully saturated rings. The number of aliphatic imine (C=N–C) groups is 1. The van der Waals surface area contributed by atoms with Crippen molar-refractivity contribution in [2.75, 3.05) is 19.3 Å². The second-order valence-corrected chi connectivity index (χ2v) is 6.86. The van der Waals surface area contributed by atoms with Crippen LogP contribution < -0.4 is 5.73 Å². The SMILES string of the molecule is CN=C(N)N(CCSCc1nc[nH]c1C)OC(=O)CC(O)(CC(=O)O)C(=O)O. The van der Waals surface area contributed by atoms with Crippen molar-refractivity contribution in [3.8, 4) is 0 Å². The molecular formula is C15H23N5O7S. The maximum Gasteiger partial charge on any atom is 0.336 e. The van der Waals surface area contributed by atoms with Gasteiger partial charge in [-0.25, -0.2) is 14.6 Å². The first kappa shape index (κ1) is 23.2. The second-order valence-electron chi connectivity index (χ2n) is 5.76. The molecule has 0 radical (unpaired) electrons. The van der Waals surface area contributed by atoms with Crippen LogP contribution in [0.5, 0.6) is 0 Å². The Kier molecular flexibility index (Phi) is 8.73. The number of carboxylic acids is 2. The largest absolute Gasteiger partial charge is 0.481 e. The minimum absolute atomic E-state index is 0.132. The molecule has 1 atom stereocenters. The van der Waals surface area contributed by atoms with Gasteiger partial charge in [0.1, 0.15) is 0 Å². The van der Waals surface area contributed by atoms with E-state index in [9.17, 15) is 19.5 Å². The number of nitrogens with zero attached hydrogens (tertiary/aromatic N) is 3. The summed E-state index contributed by atoms with van der Waals surface area (Å²) >= 11 is 1.49. The summed E-state index contributed by atoms with van der Waals surface area (Å²) in [5, 5.41) is 28.6. The van der Waals surface area contributed by atoms with E-state index in [0.717, 1.165) is 16.5 Å². The number of aryl methyl sites for hydroxylation is 1. The fourth-order valence-corrected chi connectivity index (χ4v) is 2.95. The minimum Gasteiger partial charge on any atom is -0.481 e. The van der Waals surface area contributed by atoms with Gasteiger partial charge >= 0.3 is 17.9 Å². The minimum atomic E-state index is -2.79. The van der Waals surface area contributed by atoms with Crippen LogP contribution in [0.25, 0.3) is 0 Å². The Morgan fingerprint density at radius 3 is 2.57 bits per heavy atom. The Morgan fingerprint density at radius 2 is 2.07 bits per heavy atom. The predicted molar refractivity (Wildman–Crippen MR) is 99.3 cm³/mol. The Labute approximate surface area is 164 Å². The summed E-state index contributed by atoms with van der Waals surface area (Å²) in [5.74, 6) is -3.64. The van der Waals surface area contributed by atoms with E-state index in [1.807, 2.05) is 6.92 Å². The third-order valence-corrected chi connectivity index (χ3v) is 4.54. The molecule has 0 aromatic carbocycles. The number of aromatic nitrogens is 2. The van der Waals surface area contributed by atoms with Crippen LogP contribution in [0.2, 0.25) is 0 Å². The Hall–Kier alpha value is -2.80. The van der Waals surface area contributed by atoms with Crippen LogP contribution in [-0.2, 0) is 25.0 Å². The van der Waals surface area contributed by atoms with Crippen LogP contribution in [0, 0.1) is 6.92 Å². The van der Waals surface area contributed by atoms with Crippen molar-refractivity contribution in [3.63, 3.8) is 0 Å². The van der Waals surface area contributed by atoms with E-state index in [-0.39, 0.29) is 12.5 Å². The lowest BCUT2D eigenvalue weighted by Crippen LogP contribution is -2.46. The predicted octanol–water partition coefficient (Wildman–Crippen LogP) is -0.663. The van der Waals surface area contributed by atoms with Gasteiger partial charge in [0, 0.05) is 24.2 Å². The average Bonchev–Trinajstić information content (AvgIpc) is 3.00. The third-order valence-electron chi connectivity index (χ3n) is 3.59. The summed E-state index contributed by atoms with van der Waals surface area (Å²) in [6, 6.07) is 0. The van der Waals surface area contributed by atoms with Crippen LogP contribution in [0.4, 0.5) is 0 Å². The van der Waals surface area contributed by atoms with Crippen molar-refractivity contribution < 1.29 is 34.5 Å². The number of aliphatic carboxylic acids is 2. The van der Waals surface area contributed by atoms with Crippen molar-refractivity contribution in [1.29, 1.82) is 0 Å². The molecule has 1 rings (SSSR count). The topological polar surface area (TPSA) is 191 Å². The zero-order valence-corrected chi connectivity index (χ0v) is 16.2. The lowest BCUT2D eigenvalue weighted by atomic mass is 9.96. The molecule has 0 spiro atoms. The van der Waals surface area contributed by atoms with Crippen molar-refractivity contribution in [2.24, 2.45) is 10.7 Å². The van der Waals surface area contributed by atoms with Gasteiger partial charge in [0.2, 0.25) is 5.96 Å². The number of imidazole rings is 1. The Bertz CT molecular complexity index is 738. The molecule has 6 N–H and O–H groups in total. The molecule has 1 heterocycles. The van der Waals surface area contributed by atoms with E-state index < -0.39 is 36.4 Å². The summed E-state index contributed by atoms with van der Waals surface area (Å²) < 4.78 is 0. The van der Waals surface area contributed by atoms with Crippen LogP contribution in [0.1, 0.15) is 24.2 Å². The number of aromatic amines is 1. The van der Waals surface area contributed by atoms with Gasteiger partial charge in [0.05, 0.1) is 31.4 Å². The molecule has 0 amide bonds. The molecule has 0 saturated carbocycles. The third kappa shape index (κ3) is 7.08. The zero-order valence-electron chi connectivity index (χ0n) is 15.4. The highest BCUT2D eigenvalue weighted by Gasteiger charge is 2.42. The first-order chi connectivity index (χ1) is 13.1. The Balaban J connectivity index is 2.64. The summed E-state index contributed by atoms with van der Waals surface area (Å²) in [4.78, 5) is 49.7.